The number of hydrogen-bond acceptors (Lipinski definition) is 5. The van der Waals surface area contributed by atoms with Crippen molar-refractivity contribution in [3.05, 3.63) is 77.5 Å². The van der Waals surface area contributed by atoms with E-state index in [2.05, 4.69) is 39.4 Å². The van der Waals surface area contributed by atoms with E-state index in [1.807, 2.05) is 37.3 Å². The van der Waals surface area contributed by atoms with Crippen molar-refractivity contribution in [1.82, 2.24) is 15.0 Å². The van der Waals surface area contributed by atoms with Gasteiger partial charge < -0.3 is 10.6 Å². The highest BCUT2D eigenvalue weighted by Gasteiger charge is 2.15. The van der Waals surface area contributed by atoms with Crippen molar-refractivity contribution in [3.8, 4) is 0 Å². The van der Waals surface area contributed by atoms with Crippen LogP contribution >= 0.6 is 0 Å². The van der Waals surface area contributed by atoms with Crippen molar-refractivity contribution < 1.29 is 4.79 Å². The molecule has 0 radical (unpaired) electrons. The third kappa shape index (κ3) is 4.67. The van der Waals surface area contributed by atoms with Gasteiger partial charge in [0.15, 0.2) is 0 Å². The highest BCUT2D eigenvalue weighted by molar-refractivity contribution is 6.04. The first-order chi connectivity index (χ1) is 13.0. The number of carbonyl (C=O) groups excluding carboxylic acids is 1. The summed E-state index contributed by atoms with van der Waals surface area (Å²) in [6.45, 7) is 6.77. The van der Waals surface area contributed by atoms with E-state index < -0.39 is 0 Å². The van der Waals surface area contributed by atoms with Crippen LogP contribution in [0.3, 0.4) is 0 Å². The van der Waals surface area contributed by atoms with Gasteiger partial charge in [-0.25, -0.2) is 9.97 Å². The van der Waals surface area contributed by atoms with Crippen molar-refractivity contribution in [2.24, 2.45) is 0 Å². The Morgan fingerprint density at radius 2 is 2.00 bits per heavy atom. The molecule has 0 aliphatic carbocycles. The van der Waals surface area contributed by atoms with E-state index in [1.165, 1.54) is 6.33 Å². The maximum absolute atomic E-state index is 12.7. The molecule has 138 valence electrons. The third-order valence-corrected chi connectivity index (χ3v) is 4.26. The van der Waals surface area contributed by atoms with Crippen LogP contribution in [-0.2, 0) is 6.54 Å². The van der Waals surface area contributed by atoms with Gasteiger partial charge in [-0.1, -0.05) is 38.1 Å². The van der Waals surface area contributed by atoms with Gasteiger partial charge in [-0.2, -0.15) is 0 Å². The van der Waals surface area contributed by atoms with E-state index in [9.17, 15) is 4.79 Å². The number of hydrogen-bond donors (Lipinski definition) is 2. The fourth-order valence-corrected chi connectivity index (χ4v) is 2.79. The molecular formula is C21H23N5O. The molecule has 2 heterocycles. The summed E-state index contributed by atoms with van der Waals surface area (Å²) in [5, 5.41) is 6.20. The smallest absolute Gasteiger partial charge is 0.274 e. The Labute approximate surface area is 159 Å². The number of nitrogens with one attached hydrogen (secondary N) is 2. The quantitative estimate of drug-likeness (QED) is 0.689. The van der Waals surface area contributed by atoms with E-state index in [-0.39, 0.29) is 5.91 Å². The third-order valence-electron chi connectivity index (χ3n) is 4.26. The molecule has 0 atom stereocenters. The Bertz CT molecular complexity index is 925. The zero-order valence-corrected chi connectivity index (χ0v) is 15.7. The van der Waals surface area contributed by atoms with Crippen LogP contribution in [0.1, 0.15) is 46.9 Å². The lowest BCUT2D eigenvalue weighted by atomic mass is 9.98. The lowest BCUT2D eigenvalue weighted by molar-refractivity contribution is 0.102. The molecule has 6 nitrogen and oxygen atoms in total. The molecule has 3 aromatic rings. The van der Waals surface area contributed by atoms with Gasteiger partial charge in [-0.05, 0) is 35.6 Å². The molecule has 0 fully saturated rings. The number of amides is 1. The summed E-state index contributed by atoms with van der Waals surface area (Å²) in [4.78, 5) is 25.1. The van der Waals surface area contributed by atoms with Crippen LogP contribution in [-0.4, -0.2) is 20.9 Å². The number of aryl methyl sites for hydroxylation is 1. The standard InChI is InChI=1S/C21H23N5O/c1-14(2)17-8-4-6-15(3)20(17)26-21(27)18-10-19(25-13-24-18)23-12-16-7-5-9-22-11-16/h4-11,13-14H,12H2,1-3H3,(H,26,27)(H,23,24,25). The molecule has 2 aromatic heterocycles. The van der Waals surface area contributed by atoms with Crippen LogP contribution in [0.2, 0.25) is 0 Å². The molecule has 0 bridgehead atoms. The van der Waals surface area contributed by atoms with E-state index in [0.29, 0.717) is 24.0 Å². The van der Waals surface area contributed by atoms with Crippen molar-refractivity contribution in [1.29, 1.82) is 0 Å². The summed E-state index contributed by atoms with van der Waals surface area (Å²) < 4.78 is 0. The predicted molar refractivity (Wildman–Crippen MR) is 107 cm³/mol. The lowest BCUT2D eigenvalue weighted by Gasteiger charge is -2.16. The summed E-state index contributed by atoms with van der Waals surface area (Å²) in [5.74, 6) is 0.646. The predicted octanol–water partition coefficient (Wildman–Crippen LogP) is 4.17. The van der Waals surface area contributed by atoms with Gasteiger partial charge in [-0.15, -0.1) is 0 Å². The molecule has 2 N–H and O–H groups in total. The van der Waals surface area contributed by atoms with Gasteiger partial charge in [0, 0.05) is 30.7 Å². The Balaban J connectivity index is 1.74. The van der Waals surface area contributed by atoms with Crippen molar-refractivity contribution in [2.45, 2.75) is 33.2 Å². The SMILES string of the molecule is Cc1cccc(C(C)C)c1NC(=O)c1cc(NCc2cccnc2)ncn1. The summed E-state index contributed by atoms with van der Waals surface area (Å²) in [5.41, 5.74) is 4.33. The van der Waals surface area contributed by atoms with Gasteiger partial charge in [-0.3, -0.25) is 9.78 Å². The van der Waals surface area contributed by atoms with Crippen molar-refractivity contribution in [2.75, 3.05) is 10.6 Å². The van der Waals surface area contributed by atoms with Crippen LogP contribution in [0, 0.1) is 6.92 Å². The molecule has 27 heavy (non-hydrogen) atoms. The van der Waals surface area contributed by atoms with Gasteiger partial charge in [0.1, 0.15) is 17.8 Å². The number of rotatable bonds is 6. The Kier molecular flexibility index (Phi) is 5.76. The van der Waals surface area contributed by atoms with Gasteiger partial charge >= 0.3 is 0 Å². The molecular weight excluding hydrogens is 338 g/mol. The minimum Gasteiger partial charge on any atom is -0.366 e. The molecule has 1 aromatic carbocycles. The minimum atomic E-state index is -0.252. The molecule has 0 unspecified atom stereocenters. The topological polar surface area (TPSA) is 79.8 Å². The Hall–Kier alpha value is -3.28. The first-order valence-electron chi connectivity index (χ1n) is 8.90. The zero-order valence-electron chi connectivity index (χ0n) is 15.7. The van der Waals surface area contributed by atoms with Crippen LogP contribution in [0.25, 0.3) is 0 Å². The van der Waals surface area contributed by atoms with E-state index >= 15 is 0 Å². The van der Waals surface area contributed by atoms with Crippen LogP contribution in [0.5, 0.6) is 0 Å². The number of benzene rings is 1. The average Bonchev–Trinajstić information content (AvgIpc) is 2.68. The maximum atomic E-state index is 12.7. The van der Waals surface area contributed by atoms with Crippen molar-refractivity contribution in [3.63, 3.8) is 0 Å². The molecule has 6 heteroatoms. The summed E-state index contributed by atoms with van der Waals surface area (Å²) >= 11 is 0. The van der Waals surface area contributed by atoms with E-state index in [4.69, 9.17) is 0 Å². The second-order valence-electron chi connectivity index (χ2n) is 6.65. The lowest BCUT2D eigenvalue weighted by Crippen LogP contribution is -2.17. The molecule has 0 saturated heterocycles. The molecule has 0 aliphatic rings. The second-order valence-corrected chi connectivity index (χ2v) is 6.65. The zero-order chi connectivity index (χ0) is 19.2. The number of nitrogens with zero attached hydrogens (tertiary/aromatic N) is 3. The number of aromatic nitrogens is 3. The average molecular weight is 361 g/mol. The first kappa shape index (κ1) is 18.5. The van der Waals surface area contributed by atoms with E-state index in [1.54, 1.807) is 18.5 Å². The Morgan fingerprint density at radius 3 is 2.74 bits per heavy atom. The fourth-order valence-electron chi connectivity index (χ4n) is 2.79. The maximum Gasteiger partial charge on any atom is 0.274 e. The summed E-state index contributed by atoms with van der Waals surface area (Å²) in [6.07, 6.45) is 4.91. The molecule has 0 spiro atoms. The van der Waals surface area contributed by atoms with Crippen LogP contribution < -0.4 is 10.6 Å². The van der Waals surface area contributed by atoms with Crippen LogP contribution in [0.15, 0.2) is 55.1 Å². The molecule has 0 saturated carbocycles. The highest BCUT2D eigenvalue weighted by atomic mass is 16.1. The fraction of sp³-hybridized carbons (Fsp3) is 0.238. The van der Waals surface area contributed by atoms with Gasteiger partial charge in [0.05, 0.1) is 0 Å². The second kappa shape index (κ2) is 8.40. The number of pyridine rings is 1. The Morgan fingerprint density at radius 1 is 1.15 bits per heavy atom. The monoisotopic (exact) mass is 361 g/mol. The summed E-state index contributed by atoms with van der Waals surface area (Å²) in [6, 6.07) is 11.5. The normalized spacial score (nSPS) is 10.7. The number of anilines is 2. The first-order valence-corrected chi connectivity index (χ1v) is 8.90. The summed E-state index contributed by atoms with van der Waals surface area (Å²) in [7, 11) is 0. The van der Waals surface area contributed by atoms with Crippen molar-refractivity contribution >= 4 is 17.4 Å². The molecule has 1 amide bonds. The van der Waals surface area contributed by atoms with Gasteiger partial charge in [0.2, 0.25) is 0 Å². The molecule has 3 rings (SSSR count). The minimum absolute atomic E-state index is 0.252. The largest absolute Gasteiger partial charge is 0.366 e. The number of carbonyl (C=O) groups is 1. The molecule has 0 aliphatic heterocycles. The van der Waals surface area contributed by atoms with Crippen LogP contribution in [0.4, 0.5) is 11.5 Å². The highest BCUT2D eigenvalue weighted by Crippen LogP contribution is 2.27. The van der Waals surface area contributed by atoms with Gasteiger partial charge in [0.25, 0.3) is 5.91 Å². The van der Waals surface area contributed by atoms with E-state index in [0.717, 1.165) is 22.4 Å². The number of para-hydroxylation sites is 1.